The summed E-state index contributed by atoms with van der Waals surface area (Å²) >= 11 is 0. The second-order valence-corrected chi connectivity index (χ2v) is 7.68. The van der Waals surface area contributed by atoms with Crippen molar-refractivity contribution in [1.82, 2.24) is 5.32 Å². The van der Waals surface area contributed by atoms with Gasteiger partial charge >= 0.3 is 0 Å². The molecule has 1 saturated carbocycles. The number of hydrogen-bond acceptors (Lipinski definition) is 3. The van der Waals surface area contributed by atoms with Crippen LogP contribution in [0.15, 0.2) is 0 Å². The van der Waals surface area contributed by atoms with Crippen molar-refractivity contribution in [1.29, 1.82) is 0 Å². The smallest absolute Gasteiger partial charge is 0.151 e. The molecule has 2 atom stereocenters. The van der Waals surface area contributed by atoms with Crippen molar-refractivity contribution in [3.8, 4) is 0 Å². The lowest BCUT2D eigenvalue weighted by molar-refractivity contribution is 0.337. The van der Waals surface area contributed by atoms with Crippen LogP contribution in [0.2, 0.25) is 0 Å². The molecule has 2 aliphatic rings. The summed E-state index contributed by atoms with van der Waals surface area (Å²) in [7, 11) is -2.76. The van der Waals surface area contributed by atoms with Crippen molar-refractivity contribution < 1.29 is 8.42 Å². The molecule has 1 saturated heterocycles. The van der Waals surface area contributed by atoms with Gasteiger partial charge in [0, 0.05) is 12.1 Å². The molecule has 1 N–H and O–H groups in total. The maximum Gasteiger partial charge on any atom is 0.151 e. The van der Waals surface area contributed by atoms with Gasteiger partial charge in [0.1, 0.15) is 0 Å². The fourth-order valence-electron chi connectivity index (χ4n) is 3.12. The number of nitrogens with one attached hydrogen (secondary N) is 1. The minimum atomic E-state index is -2.76. The highest BCUT2D eigenvalue weighted by molar-refractivity contribution is 7.91. The monoisotopic (exact) mass is 245 g/mol. The van der Waals surface area contributed by atoms with E-state index in [0.717, 1.165) is 18.8 Å². The Kier molecular flexibility index (Phi) is 3.90. The van der Waals surface area contributed by atoms with Gasteiger partial charge in [0.15, 0.2) is 9.84 Å². The van der Waals surface area contributed by atoms with Crippen LogP contribution in [0.3, 0.4) is 0 Å². The second-order valence-electron chi connectivity index (χ2n) is 5.45. The molecule has 0 aromatic carbocycles. The van der Waals surface area contributed by atoms with E-state index in [1.54, 1.807) is 0 Å². The fourth-order valence-corrected chi connectivity index (χ4v) is 4.77. The number of rotatable bonds is 3. The molecule has 0 spiro atoms. The van der Waals surface area contributed by atoms with Crippen molar-refractivity contribution in [2.24, 2.45) is 5.92 Å². The third-order valence-corrected chi connectivity index (χ3v) is 5.89. The van der Waals surface area contributed by atoms with Crippen LogP contribution < -0.4 is 5.32 Å². The summed E-state index contributed by atoms with van der Waals surface area (Å²) in [4.78, 5) is 0. The Balaban J connectivity index is 1.84. The van der Waals surface area contributed by atoms with Gasteiger partial charge in [0.25, 0.3) is 0 Å². The van der Waals surface area contributed by atoms with E-state index >= 15 is 0 Å². The molecule has 4 heteroatoms. The Morgan fingerprint density at radius 3 is 2.44 bits per heavy atom. The third kappa shape index (κ3) is 3.20. The Bertz CT molecular complexity index is 320. The van der Waals surface area contributed by atoms with Crippen LogP contribution in [0.4, 0.5) is 0 Å². The molecule has 3 nitrogen and oxygen atoms in total. The van der Waals surface area contributed by atoms with Crippen molar-refractivity contribution in [2.75, 3.05) is 11.5 Å². The minimum absolute atomic E-state index is 0.203. The van der Waals surface area contributed by atoms with Gasteiger partial charge in [0.05, 0.1) is 11.5 Å². The Hall–Kier alpha value is -0.0900. The quantitative estimate of drug-likeness (QED) is 0.823. The van der Waals surface area contributed by atoms with Crippen LogP contribution in [0.5, 0.6) is 0 Å². The summed E-state index contributed by atoms with van der Waals surface area (Å²) in [6.07, 6.45) is 7.17. The molecule has 16 heavy (non-hydrogen) atoms. The van der Waals surface area contributed by atoms with Crippen molar-refractivity contribution >= 4 is 9.84 Å². The van der Waals surface area contributed by atoms with E-state index < -0.39 is 9.84 Å². The lowest BCUT2D eigenvalue weighted by atomic mass is 9.98. The summed E-state index contributed by atoms with van der Waals surface area (Å²) in [6, 6.07) is 0.690. The van der Waals surface area contributed by atoms with Gasteiger partial charge in [-0.1, -0.05) is 12.8 Å². The third-order valence-electron chi connectivity index (χ3n) is 4.07. The van der Waals surface area contributed by atoms with Gasteiger partial charge in [0.2, 0.25) is 0 Å². The van der Waals surface area contributed by atoms with Crippen LogP contribution in [-0.2, 0) is 9.84 Å². The van der Waals surface area contributed by atoms with Crippen molar-refractivity contribution in [3.63, 3.8) is 0 Å². The van der Waals surface area contributed by atoms with Crippen molar-refractivity contribution in [2.45, 2.75) is 57.5 Å². The molecule has 1 heterocycles. The molecule has 2 fully saturated rings. The topological polar surface area (TPSA) is 46.2 Å². The average Bonchev–Trinajstić information content (AvgIpc) is 2.68. The first-order valence-corrected chi connectivity index (χ1v) is 8.35. The first-order chi connectivity index (χ1) is 7.57. The Morgan fingerprint density at radius 2 is 1.81 bits per heavy atom. The highest BCUT2D eigenvalue weighted by Crippen LogP contribution is 2.28. The molecule has 94 valence electrons. The van der Waals surface area contributed by atoms with Crippen LogP contribution in [0.1, 0.15) is 45.4 Å². The normalized spacial score (nSPS) is 32.7. The van der Waals surface area contributed by atoms with E-state index in [1.165, 1.54) is 25.7 Å². The van der Waals surface area contributed by atoms with Gasteiger partial charge in [-0.05, 0) is 38.5 Å². The lowest BCUT2D eigenvalue weighted by Gasteiger charge is -2.29. The largest absolute Gasteiger partial charge is 0.310 e. The van der Waals surface area contributed by atoms with Gasteiger partial charge in [-0.2, -0.15) is 0 Å². The second kappa shape index (κ2) is 5.05. The molecule has 0 aromatic rings. The molecular formula is C12H23NO2S. The number of sulfone groups is 1. The summed E-state index contributed by atoms with van der Waals surface area (Å²) in [5.74, 6) is 1.51. The fraction of sp³-hybridized carbons (Fsp3) is 1.00. The molecular weight excluding hydrogens is 222 g/mol. The van der Waals surface area contributed by atoms with Crippen LogP contribution in [-0.4, -0.2) is 32.0 Å². The van der Waals surface area contributed by atoms with Crippen molar-refractivity contribution in [3.05, 3.63) is 0 Å². The van der Waals surface area contributed by atoms with E-state index in [-0.39, 0.29) is 6.04 Å². The zero-order valence-electron chi connectivity index (χ0n) is 10.1. The van der Waals surface area contributed by atoms with Gasteiger partial charge in [-0.25, -0.2) is 8.42 Å². The van der Waals surface area contributed by atoms with E-state index in [0.29, 0.717) is 17.5 Å². The van der Waals surface area contributed by atoms with Crippen LogP contribution >= 0.6 is 0 Å². The summed E-state index contributed by atoms with van der Waals surface area (Å²) in [5.41, 5.74) is 0. The zero-order valence-corrected chi connectivity index (χ0v) is 10.9. The highest BCUT2D eigenvalue weighted by Gasteiger charge is 2.28. The number of hydrogen-bond donors (Lipinski definition) is 1. The van der Waals surface area contributed by atoms with E-state index in [2.05, 4.69) is 12.2 Å². The molecule has 2 rings (SSSR count). The van der Waals surface area contributed by atoms with Crippen LogP contribution in [0.25, 0.3) is 0 Å². The van der Waals surface area contributed by atoms with E-state index in [4.69, 9.17) is 0 Å². The van der Waals surface area contributed by atoms with Crippen LogP contribution in [0, 0.1) is 5.92 Å². The predicted molar refractivity (Wildman–Crippen MR) is 66.2 cm³/mol. The summed E-state index contributed by atoms with van der Waals surface area (Å²) in [6.45, 7) is 2.22. The molecule has 1 aliphatic carbocycles. The van der Waals surface area contributed by atoms with E-state index in [1.807, 2.05) is 0 Å². The van der Waals surface area contributed by atoms with Gasteiger partial charge in [-0.15, -0.1) is 0 Å². The first kappa shape index (κ1) is 12.4. The minimum Gasteiger partial charge on any atom is -0.310 e. The predicted octanol–water partition coefficient (Wildman–Crippen LogP) is 1.73. The molecule has 0 amide bonds. The zero-order chi connectivity index (χ0) is 11.6. The van der Waals surface area contributed by atoms with E-state index in [9.17, 15) is 8.42 Å². The standard InChI is InChI=1S/C12H23NO2S/c1-10(11-5-2-3-6-11)13-12-7-4-8-16(14,15)9-12/h10-13H,2-9H2,1H3/t10-,12?/m1/s1. The first-order valence-electron chi connectivity index (χ1n) is 6.53. The Morgan fingerprint density at radius 1 is 1.12 bits per heavy atom. The SMILES string of the molecule is C[C@@H](NC1CCCS(=O)(=O)C1)C1CCCC1. The molecule has 1 unspecified atom stereocenters. The Labute approximate surface area is 98.9 Å². The molecule has 0 bridgehead atoms. The van der Waals surface area contributed by atoms with Gasteiger partial charge < -0.3 is 5.32 Å². The molecule has 1 aliphatic heterocycles. The average molecular weight is 245 g/mol. The maximum absolute atomic E-state index is 11.5. The summed E-state index contributed by atoms with van der Waals surface area (Å²) in [5, 5.41) is 3.54. The molecule has 0 radical (unpaired) electrons. The molecule has 0 aromatic heterocycles. The van der Waals surface area contributed by atoms with Gasteiger partial charge in [-0.3, -0.25) is 0 Å². The maximum atomic E-state index is 11.5. The highest BCUT2D eigenvalue weighted by atomic mass is 32.2. The lowest BCUT2D eigenvalue weighted by Crippen LogP contribution is -2.46. The summed E-state index contributed by atoms with van der Waals surface area (Å²) < 4.78 is 23.0.